The first-order valence-electron chi connectivity index (χ1n) is 5.85. The van der Waals surface area contributed by atoms with Crippen LogP contribution in [0, 0.1) is 3.57 Å². The van der Waals surface area contributed by atoms with Crippen LogP contribution in [0.2, 0.25) is 4.47 Å². The van der Waals surface area contributed by atoms with Crippen molar-refractivity contribution < 1.29 is 14.3 Å². The van der Waals surface area contributed by atoms with Crippen LogP contribution >= 0.6 is 45.5 Å². The lowest BCUT2D eigenvalue weighted by atomic mass is 10.2. The molecule has 2 aromatic rings. The molecular weight excluding hydrogens is 427 g/mol. The van der Waals surface area contributed by atoms with Crippen molar-refractivity contribution in [1.82, 2.24) is 4.98 Å². The molecule has 0 saturated carbocycles. The molecule has 0 aliphatic carbocycles. The third-order valence-electron chi connectivity index (χ3n) is 2.67. The Morgan fingerprint density at radius 2 is 2.24 bits per heavy atom. The van der Waals surface area contributed by atoms with Crippen molar-refractivity contribution >= 4 is 57.2 Å². The number of hydrogen-bond acceptors (Lipinski definition) is 6. The molecule has 0 aliphatic heterocycles. The minimum atomic E-state index is -0.425. The summed E-state index contributed by atoms with van der Waals surface area (Å²) >= 11 is 9.37. The number of benzene rings is 1. The normalized spacial score (nSPS) is 10.3. The van der Waals surface area contributed by atoms with E-state index in [4.69, 9.17) is 21.1 Å². The molecule has 0 atom stereocenters. The topological polar surface area (TPSA) is 60.5 Å². The number of halogens is 2. The third kappa shape index (κ3) is 3.98. The molecule has 2 rings (SSSR count). The Morgan fingerprint density at radius 3 is 2.81 bits per heavy atom. The SMILES string of the molecule is COC(=O)c1cc(I)c(NCc2cnc(Cl)s2)cc1OC. The van der Waals surface area contributed by atoms with Gasteiger partial charge in [-0.2, -0.15) is 0 Å². The largest absolute Gasteiger partial charge is 0.496 e. The quantitative estimate of drug-likeness (QED) is 0.568. The fourth-order valence-corrected chi connectivity index (χ4v) is 3.25. The van der Waals surface area contributed by atoms with Gasteiger partial charge < -0.3 is 14.8 Å². The van der Waals surface area contributed by atoms with Gasteiger partial charge in [-0.15, -0.1) is 11.3 Å². The molecule has 0 unspecified atom stereocenters. The summed E-state index contributed by atoms with van der Waals surface area (Å²) in [6.07, 6.45) is 1.73. The highest BCUT2D eigenvalue weighted by molar-refractivity contribution is 14.1. The number of carbonyl (C=O) groups is 1. The van der Waals surface area contributed by atoms with Crippen molar-refractivity contribution in [3.05, 3.63) is 36.8 Å². The number of methoxy groups -OCH3 is 2. The number of thiazole rings is 1. The fourth-order valence-electron chi connectivity index (χ4n) is 1.67. The molecule has 0 bridgehead atoms. The molecule has 112 valence electrons. The molecular formula is C13H12ClIN2O3S. The number of aromatic nitrogens is 1. The van der Waals surface area contributed by atoms with E-state index in [2.05, 4.69) is 32.9 Å². The number of rotatable bonds is 5. The van der Waals surface area contributed by atoms with E-state index >= 15 is 0 Å². The van der Waals surface area contributed by atoms with Crippen LogP contribution in [0.4, 0.5) is 5.69 Å². The van der Waals surface area contributed by atoms with Crippen molar-refractivity contribution in [3.8, 4) is 5.75 Å². The molecule has 1 heterocycles. The van der Waals surface area contributed by atoms with Gasteiger partial charge in [0.1, 0.15) is 11.3 Å². The summed E-state index contributed by atoms with van der Waals surface area (Å²) in [6.45, 7) is 0.598. The molecule has 8 heteroatoms. The molecule has 21 heavy (non-hydrogen) atoms. The highest BCUT2D eigenvalue weighted by Gasteiger charge is 2.16. The van der Waals surface area contributed by atoms with Crippen LogP contribution in [-0.2, 0) is 11.3 Å². The highest BCUT2D eigenvalue weighted by atomic mass is 127. The number of nitrogens with zero attached hydrogens (tertiary/aromatic N) is 1. The van der Waals surface area contributed by atoms with Crippen LogP contribution in [0.25, 0.3) is 0 Å². The van der Waals surface area contributed by atoms with Crippen LogP contribution in [0.5, 0.6) is 5.75 Å². The summed E-state index contributed by atoms with van der Waals surface area (Å²) in [5.74, 6) is 0.0395. The molecule has 0 amide bonds. The monoisotopic (exact) mass is 438 g/mol. The van der Waals surface area contributed by atoms with Crippen LogP contribution in [0.15, 0.2) is 18.3 Å². The maximum absolute atomic E-state index is 11.7. The Labute approximate surface area is 144 Å². The maximum Gasteiger partial charge on any atom is 0.341 e. The Kier molecular flexibility index (Phi) is 5.65. The van der Waals surface area contributed by atoms with E-state index in [0.29, 0.717) is 22.3 Å². The zero-order valence-corrected chi connectivity index (χ0v) is 15.0. The second-order valence-electron chi connectivity index (χ2n) is 3.96. The summed E-state index contributed by atoms with van der Waals surface area (Å²) in [5.41, 5.74) is 1.26. The Bertz CT molecular complexity index is 663. The van der Waals surface area contributed by atoms with Gasteiger partial charge in [-0.1, -0.05) is 11.6 Å². The summed E-state index contributed by atoms with van der Waals surface area (Å²) in [7, 11) is 2.86. The van der Waals surface area contributed by atoms with E-state index in [-0.39, 0.29) is 0 Å². The number of ether oxygens (including phenoxy) is 2. The van der Waals surface area contributed by atoms with Crippen LogP contribution < -0.4 is 10.1 Å². The van der Waals surface area contributed by atoms with Gasteiger partial charge in [0.05, 0.1) is 26.5 Å². The van der Waals surface area contributed by atoms with Gasteiger partial charge in [0.25, 0.3) is 0 Å². The second-order valence-corrected chi connectivity index (χ2v) is 6.82. The first-order chi connectivity index (χ1) is 10.0. The number of nitrogens with one attached hydrogen (secondary N) is 1. The molecule has 1 N–H and O–H groups in total. The van der Waals surface area contributed by atoms with Crippen molar-refractivity contribution in [2.24, 2.45) is 0 Å². The zero-order valence-electron chi connectivity index (χ0n) is 11.3. The minimum absolute atomic E-state index is 0.399. The molecule has 5 nitrogen and oxygen atoms in total. The predicted octanol–water partition coefficient (Wildman–Crippen LogP) is 3.81. The smallest absolute Gasteiger partial charge is 0.341 e. The third-order valence-corrected chi connectivity index (χ3v) is 4.68. The van der Waals surface area contributed by atoms with Gasteiger partial charge in [0.2, 0.25) is 0 Å². The lowest BCUT2D eigenvalue weighted by molar-refractivity contribution is 0.0597. The number of carbonyl (C=O) groups excluding carboxylic acids is 1. The van der Waals surface area contributed by atoms with Crippen molar-refractivity contribution in [1.29, 1.82) is 0 Å². The van der Waals surface area contributed by atoms with E-state index in [1.54, 1.807) is 18.3 Å². The first kappa shape index (κ1) is 16.3. The second kappa shape index (κ2) is 7.28. The maximum atomic E-state index is 11.7. The van der Waals surface area contributed by atoms with E-state index < -0.39 is 5.97 Å². The van der Waals surface area contributed by atoms with Gasteiger partial charge in [0.15, 0.2) is 4.47 Å². The van der Waals surface area contributed by atoms with E-state index in [1.807, 2.05) is 0 Å². The lowest BCUT2D eigenvalue weighted by Crippen LogP contribution is -2.07. The number of anilines is 1. The predicted molar refractivity (Wildman–Crippen MR) is 91.5 cm³/mol. The molecule has 0 radical (unpaired) electrons. The van der Waals surface area contributed by atoms with Crippen LogP contribution in [0.3, 0.4) is 0 Å². The summed E-state index contributed by atoms with van der Waals surface area (Å²) < 4.78 is 11.4. The summed E-state index contributed by atoms with van der Waals surface area (Å²) in [6, 6.07) is 3.50. The van der Waals surface area contributed by atoms with Gasteiger partial charge in [-0.25, -0.2) is 9.78 Å². The molecule has 0 aliphatic rings. The van der Waals surface area contributed by atoms with Crippen molar-refractivity contribution in [2.45, 2.75) is 6.54 Å². The Balaban J connectivity index is 2.22. The molecule has 1 aromatic carbocycles. The number of hydrogen-bond donors (Lipinski definition) is 1. The lowest BCUT2D eigenvalue weighted by Gasteiger charge is -2.12. The van der Waals surface area contributed by atoms with Gasteiger partial charge >= 0.3 is 5.97 Å². The van der Waals surface area contributed by atoms with Crippen molar-refractivity contribution in [3.63, 3.8) is 0 Å². The summed E-state index contributed by atoms with van der Waals surface area (Å²) in [4.78, 5) is 16.7. The average molecular weight is 439 g/mol. The summed E-state index contributed by atoms with van der Waals surface area (Å²) in [5, 5.41) is 3.27. The average Bonchev–Trinajstić information content (AvgIpc) is 2.90. The van der Waals surface area contributed by atoms with E-state index in [0.717, 1.165) is 14.1 Å². The Hall–Kier alpha value is -1.06. The molecule has 1 aromatic heterocycles. The highest BCUT2D eigenvalue weighted by Crippen LogP contribution is 2.30. The molecule has 0 fully saturated rings. The van der Waals surface area contributed by atoms with Crippen LogP contribution in [0.1, 0.15) is 15.2 Å². The minimum Gasteiger partial charge on any atom is -0.496 e. The molecule has 0 saturated heterocycles. The zero-order chi connectivity index (χ0) is 15.4. The van der Waals surface area contributed by atoms with E-state index in [9.17, 15) is 4.79 Å². The Morgan fingerprint density at radius 1 is 1.48 bits per heavy atom. The number of esters is 1. The van der Waals surface area contributed by atoms with Crippen LogP contribution in [-0.4, -0.2) is 25.2 Å². The fraction of sp³-hybridized carbons (Fsp3) is 0.231. The standard InChI is InChI=1S/C13H12ClIN2O3S/c1-19-11-4-10(9(15)3-8(11)12(18)20-2)16-5-7-6-17-13(14)21-7/h3-4,6,16H,5H2,1-2H3. The van der Waals surface area contributed by atoms with Gasteiger partial charge in [-0.3, -0.25) is 0 Å². The first-order valence-corrected chi connectivity index (χ1v) is 8.12. The van der Waals surface area contributed by atoms with E-state index in [1.165, 1.54) is 25.6 Å². The van der Waals surface area contributed by atoms with Gasteiger partial charge in [-0.05, 0) is 28.7 Å². The molecule has 0 spiro atoms. The van der Waals surface area contributed by atoms with Crippen molar-refractivity contribution in [2.75, 3.05) is 19.5 Å². The van der Waals surface area contributed by atoms with Gasteiger partial charge in [0, 0.05) is 20.7 Å².